The first-order valence-corrected chi connectivity index (χ1v) is 7.77. The Labute approximate surface area is 160 Å². The van der Waals surface area contributed by atoms with E-state index in [4.69, 9.17) is 41.8 Å². The third-order valence-corrected chi connectivity index (χ3v) is 2.33. The zero-order valence-corrected chi connectivity index (χ0v) is 15.5. The van der Waals surface area contributed by atoms with E-state index in [1.54, 1.807) is 0 Å². The Morgan fingerprint density at radius 3 is 0.893 bits per heavy atom. The molecule has 0 rings (SSSR count). The van der Waals surface area contributed by atoms with E-state index >= 15 is 0 Å². The van der Waals surface area contributed by atoms with Gasteiger partial charge in [-0.2, -0.15) is 0 Å². The van der Waals surface area contributed by atoms with Gasteiger partial charge in [-0.25, -0.2) is 0 Å². The molecular weight excluding hydrogens is 384 g/mol. The third kappa shape index (κ3) is 31.0. The van der Waals surface area contributed by atoms with Crippen LogP contribution in [0, 0.1) is 0 Å². The van der Waals surface area contributed by atoms with Crippen molar-refractivity contribution in [3.05, 3.63) is 0 Å². The quantitative estimate of drug-likeness (QED) is 0.168. The Morgan fingerprint density at radius 1 is 0.607 bits per heavy atom. The van der Waals surface area contributed by atoms with Crippen molar-refractivity contribution in [3.63, 3.8) is 0 Å². The zero-order valence-electron chi connectivity index (χ0n) is 15.5. The Balaban J connectivity index is -0.000000656. The van der Waals surface area contributed by atoms with Crippen molar-refractivity contribution in [1.29, 1.82) is 0 Å². The predicted octanol–water partition coefficient (Wildman–Crippen LogP) is -3.08. The van der Waals surface area contributed by atoms with Gasteiger partial charge in [0, 0.05) is 33.1 Å². The first-order chi connectivity index (χ1) is 12.8. The number of nitrogens with zero attached hydrogens (tertiary/aromatic N) is 2. The summed E-state index contributed by atoms with van der Waals surface area (Å²) in [6, 6.07) is 0. The highest BCUT2D eigenvalue weighted by molar-refractivity contribution is 5.73. The lowest BCUT2D eigenvalue weighted by atomic mass is 10.4. The van der Waals surface area contributed by atoms with E-state index in [-0.39, 0.29) is 13.1 Å². The second-order valence-corrected chi connectivity index (χ2v) is 5.09. The lowest BCUT2D eigenvalue weighted by Gasteiger charge is -2.23. The van der Waals surface area contributed by atoms with Gasteiger partial charge in [0.25, 0.3) is 5.97 Å². The van der Waals surface area contributed by atoms with Crippen molar-refractivity contribution >= 4 is 29.8 Å². The fourth-order valence-corrected chi connectivity index (χ4v) is 1.48. The second-order valence-electron chi connectivity index (χ2n) is 5.09. The van der Waals surface area contributed by atoms with Crippen LogP contribution in [0.1, 0.15) is 6.92 Å². The van der Waals surface area contributed by atoms with Gasteiger partial charge in [0.15, 0.2) is 0 Å². The summed E-state index contributed by atoms with van der Waals surface area (Å²) in [4.78, 5) is 53.4. The number of hydrogen-bond donors (Lipinski definition) is 7. The minimum atomic E-state index is -1.23. The summed E-state index contributed by atoms with van der Waals surface area (Å²) >= 11 is 0. The molecule has 28 heavy (non-hydrogen) atoms. The Hall–Kier alpha value is -2.81. The smallest absolute Gasteiger partial charge is 0.317 e. The summed E-state index contributed by atoms with van der Waals surface area (Å²) in [7, 11) is 0. The van der Waals surface area contributed by atoms with E-state index < -0.39 is 56.0 Å². The summed E-state index contributed by atoms with van der Waals surface area (Å²) in [5.41, 5.74) is 9.81. The highest BCUT2D eigenvalue weighted by Gasteiger charge is 2.17. The SMILES string of the molecule is CC(=O)O.NCCN.O=C(O)CN(CCN(CC(=O)O)CC(=O)O)CC(=O)O. The molecule has 0 aromatic rings. The molecule has 0 fully saturated rings. The molecule has 0 bridgehead atoms. The Kier molecular flexibility index (Phi) is 20.3. The lowest BCUT2D eigenvalue weighted by Crippen LogP contribution is -2.43. The van der Waals surface area contributed by atoms with Gasteiger partial charge >= 0.3 is 23.9 Å². The van der Waals surface area contributed by atoms with Crippen molar-refractivity contribution in [2.75, 3.05) is 52.4 Å². The maximum atomic E-state index is 10.6. The van der Waals surface area contributed by atoms with E-state index in [2.05, 4.69) is 0 Å². The molecule has 0 atom stereocenters. The molecule has 0 amide bonds. The summed E-state index contributed by atoms with van der Waals surface area (Å²) in [6.07, 6.45) is 0. The van der Waals surface area contributed by atoms with Crippen molar-refractivity contribution in [2.45, 2.75) is 6.92 Å². The molecule has 0 aliphatic carbocycles. The predicted molar refractivity (Wildman–Crippen MR) is 94.8 cm³/mol. The van der Waals surface area contributed by atoms with Crippen LogP contribution in [-0.4, -0.2) is 118 Å². The lowest BCUT2D eigenvalue weighted by molar-refractivity contribution is -0.145. The standard InChI is InChI=1S/C10H16N2O8.C2H8N2.C2H4O2/c13-7(14)3-11(4-8(15)16)1-2-12(5-9(17)18)6-10(19)20;3-1-2-4;1-2(3)4/h1-6H2,(H,13,14)(H,15,16)(H,17,18)(H,19,20);1-4H2;1H3,(H,3,4). The molecule has 0 aromatic heterocycles. The average Bonchev–Trinajstić information content (AvgIpc) is 2.50. The molecule has 0 spiro atoms. The maximum Gasteiger partial charge on any atom is 0.317 e. The van der Waals surface area contributed by atoms with Crippen LogP contribution in [-0.2, 0) is 24.0 Å². The molecule has 0 heterocycles. The summed E-state index contributed by atoms with van der Waals surface area (Å²) in [5.74, 6) is -5.74. The highest BCUT2D eigenvalue weighted by Crippen LogP contribution is 1.94. The first-order valence-electron chi connectivity index (χ1n) is 7.77. The van der Waals surface area contributed by atoms with E-state index in [0.717, 1.165) is 16.7 Å². The van der Waals surface area contributed by atoms with Crippen molar-refractivity contribution < 1.29 is 49.5 Å². The molecule has 0 unspecified atom stereocenters. The van der Waals surface area contributed by atoms with Crippen molar-refractivity contribution in [3.8, 4) is 0 Å². The third-order valence-electron chi connectivity index (χ3n) is 2.33. The number of carboxylic acids is 5. The number of nitrogens with two attached hydrogens (primary N) is 2. The van der Waals surface area contributed by atoms with Crippen LogP contribution in [0.3, 0.4) is 0 Å². The fraction of sp³-hybridized carbons (Fsp3) is 0.643. The Bertz CT molecular complexity index is 427. The highest BCUT2D eigenvalue weighted by atomic mass is 16.4. The van der Waals surface area contributed by atoms with Gasteiger partial charge in [-0.05, 0) is 0 Å². The maximum absolute atomic E-state index is 10.6. The number of rotatable bonds is 12. The van der Waals surface area contributed by atoms with Crippen LogP contribution in [0.15, 0.2) is 0 Å². The van der Waals surface area contributed by atoms with Gasteiger partial charge in [0.2, 0.25) is 0 Å². The van der Waals surface area contributed by atoms with Crippen LogP contribution in [0.5, 0.6) is 0 Å². The van der Waals surface area contributed by atoms with Gasteiger partial charge in [-0.1, -0.05) is 0 Å². The average molecular weight is 412 g/mol. The molecule has 0 aliphatic heterocycles. The van der Waals surface area contributed by atoms with Crippen LogP contribution in [0.4, 0.5) is 0 Å². The van der Waals surface area contributed by atoms with Crippen molar-refractivity contribution in [1.82, 2.24) is 9.80 Å². The minimum absolute atomic E-state index is 0.0703. The topological polar surface area (TPSA) is 245 Å². The van der Waals surface area contributed by atoms with Gasteiger partial charge < -0.3 is 37.0 Å². The molecule has 0 saturated carbocycles. The van der Waals surface area contributed by atoms with Gasteiger partial charge in [0.1, 0.15) is 0 Å². The first kappa shape index (κ1) is 29.9. The Morgan fingerprint density at radius 2 is 0.786 bits per heavy atom. The van der Waals surface area contributed by atoms with Gasteiger partial charge in [-0.3, -0.25) is 33.8 Å². The molecule has 0 saturated heterocycles. The van der Waals surface area contributed by atoms with Crippen LogP contribution < -0.4 is 11.5 Å². The van der Waals surface area contributed by atoms with Crippen LogP contribution in [0.2, 0.25) is 0 Å². The fourth-order valence-electron chi connectivity index (χ4n) is 1.48. The van der Waals surface area contributed by atoms with E-state index in [9.17, 15) is 19.2 Å². The minimum Gasteiger partial charge on any atom is -0.481 e. The molecular formula is C14H28N4O10. The molecule has 9 N–H and O–H groups in total. The largest absolute Gasteiger partial charge is 0.481 e. The normalized spacial score (nSPS) is 9.61. The van der Waals surface area contributed by atoms with Crippen LogP contribution >= 0.6 is 0 Å². The summed E-state index contributed by atoms with van der Waals surface area (Å²) in [5, 5.41) is 41.9. The summed E-state index contributed by atoms with van der Waals surface area (Å²) in [6.45, 7) is 0.0272. The molecule has 14 heteroatoms. The number of aliphatic carboxylic acids is 5. The monoisotopic (exact) mass is 412 g/mol. The van der Waals surface area contributed by atoms with E-state index in [1.165, 1.54) is 0 Å². The van der Waals surface area contributed by atoms with Crippen molar-refractivity contribution in [2.24, 2.45) is 11.5 Å². The van der Waals surface area contributed by atoms with Gasteiger partial charge in [-0.15, -0.1) is 0 Å². The van der Waals surface area contributed by atoms with E-state index in [0.29, 0.717) is 13.1 Å². The van der Waals surface area contributed by atoms with Gasteiger partial charge in [0.05, 0.1) is 26.2 Å². The molecule has 14 nitrogen and oxygen atoms in total. The molecule has 0 aromatic carbocycles. The molecule has 0 radical (unpaired) electrons. The second kappa shape index (κ2) is 19.0. The molecule has 0 aliphatic rings. The van der Waals surface area contributed by atoms with E-state index in [1.807, 2.05) is 0 Å². The summed E-state index contributed by atoms with van der Waals surface area (Å²) < 4.78 is 0. The number of carboxylic acid groups (broad SMARTS) is 5. The number of hydrogen-bond acceptors (Lipinski definition) is 9. The number of carbonyl (C=O) groups is 5. The van der Waals surface area contributed by atoms with Crippen LogP contribution in [0.25, 0.3) is 0 Å². The zero-order chi connectivity index (χ0) is 22.7. The molecule has 164 valence electrons.